The first kappa shape index (κ1) is 25.4. The molecule has 1 aliphatic rings. The van der Waals surface area contributed by atoms with Gasteiger partial charge in [-0.05, 0) is 35.4 Å². The third-order valence-electron chi connectivity index (χ3n) is 5.77. The fourth-order valence-corrected chi connectivity index (χ4v) is 5.81. The molecule has 10 heteroatoms. The Kier molecular flexibility index (Phi) is 7.62. The van der Waals surface area contributed by atoms with Crippen LogP contribution in [0.15, 0.2) is 102 Å². The number of Topliss-reactive ketones (excluding diaryl/α,β-unsaturated/α-hetero) is 1. The Bertz CT molecular complexity index is 1490. The number of anilines is 1. The van der Waals surface area contributed by atoms with Crippen LogP contribution in [-0.2, 0) is 15.3 Å². The SMILES string of the molecule is C=CCOc1ccc(C2C(=C(O)c3ccncc3)C(=O)C(=O)N2c2nnc(SCc3ccccc3)s2)cc1. The van der Waals surface area contributed by atoms with Crippen molar-refractivity contribution >= 4 is 45.7 Å². The van der Waals surface area contributed by atoms with Gasteiger partial charge in [0.25, 0.3) is 5.78 Å². The van der Waals surface area contributed by atoms with Gasteiger partial charge in [-0.1, -0.05) is 78.2 Å². The van der Waals surface area contributed by atoms with E-state index in [1.54, 1.807) is 42.5 Å². The van der Waals surface area contributed by atoms with E-state index in [0.29, 0.717) is 33.6 Å². The molecule has 8 nitrogen and oxygen atoms in total. The molecule has 1 atom stereocenters. The molecule has 1 amide bonds. The predicted molar refractivity (Wildman–Crippen MR) is 147 cm³/mol. The van der Waals surface area contributed by atoms with Crippen LogP contribution in [0.1, 0.15) is 22.7 Å². The fraction of sp³-hybridized carbons (Fsp3) is 0.107. The van der Waals surface area contributed by atoms with E-state index in [2.05, 4.69) is 21.8 Å². The number of ether oxygens (including phenoxy) is 1. The minimum absolute atomic E-state index is 0.0327. The minimum Gasteiger partial charge on any atom is -0.507 e. The number of hydrogen-bond acceptors (Lipinski definition) is 9. The van der Waals surface area contributed by atoms with Gasteiger partial charge in [-0.25, -0.2) is 0 Å². The van der Waals surface area contributed by atoms with Crippen molar-refractivity contribution in [3.05, 3.63) is 114 Å². The van der Waals surface area contributed by atoms with E-state index in [1.807, 2.05) is 30.3 Å². The highest BCUT2D eigenvalue weighted by atomic mass is 32.2. The van der Waals surface area contributed by atoms with Crippen LogP contribution in [0.3, 0.4) is 0 Å². The first-order valence-corrected chi connectivity index (χ1v) is 13.4. The maximum atomic E-state index is 13.3. The standard InChI is InChI=1S/C28H22N4O4S2/c1-2-16-36-21-10-8-19(9-11-21)23-22(24(33)20-12-14-29-15-13-20)25(34)26(35)32(23)27-30-31-28(38-27)37-17-18-6-4-3-5-7-18/h2-15,23,33H,1,16-17H2. The monoisotopic (exact) mass is 542 g/mol. The zero-order chi connectivity index (χ0) is 26.5. The van der Waals surface area contributed by atoms with Crippen LogP contribution in [0.4, 0.5) is 5.13 Å². The van der Waals surface area contributed by atoms with Crippen LogP contribution >= 0.6 is 23.1 Å². The van der Waals surface area contributed by atoms with Gasteiger partial charge < -0.3 is 9.84 Å². The van der Waals surface area contributed by atoms with Crippen LogP contribution < -0.4 is 9.64 Å². The van der Waals surface area contributed by atoms with Gasteiger partial charge >= 0.3 is 5.91 Å². The topological polar surface area (TPSA) is 106 Å². The third kappa shape index (κ3) is 5.22. The summed E-state index contributed by atoms with van der Waals surface area (Å²) in [7, 11) is 0. The molecule has 1 unspecified atom stereocenters. The summed E-state index contributed by atoms with van der Waals surface area (Å²) in [6.07, 6.45) is 4.65. The molecule has 0 saturated carbocycles. The van der Waals surface area contributed by atoms with Crippen LogP contribution in [0.25, 0.3) is 5.76 Å². The molecule has 38 heavy (non-hydrogen) atoms. The van der Waals surface area contributed by atoms with E-state index in [9.17, 15) is 14.7 Å². The summed E-state index contributed by atoms with van der Waals surface area (Å²) in [4.78, 5) is 31.9. The van der Waals surface area contributed by atoms with E-state index in [4.69, 9.17) is 4.74 Å². The maximum Gasteiger partial charge on any atom is 0.301 e. The largest absolute Gasteiger partial charge is 0.507 e. The summed E-state index contributed by atoms with van der Waals surface area (Å²) in [5.74, 6) is -0.576. The molecule has 1 N–H and O–H groups in total. The van der Waals surface area contributed by atoms with Crippen molar-refractivity contribution in [3.63, 3.8) is 0 Å². The Hall–Kier alpha value is -4.28. The lowest BCUT2D eigenvalue weighted by atomic mass is 9.95. The summed E-state index contributed by atoms with van der Waals surface area (Å²) in [6.45, 7) is 3.99. The van der Waals surface area contributed by atoms with Crippen molar-refractivity contribution < 1.29 is 19.4 Å². The van der Waals surface area contributed by atoms with Crippen molar-refractivity contribution in [2.75, 3.05) is 11.5 Å². The van der Waals surface area contributed by atoms with Gasteiger partial charge in [-0.3, -0.25) is 19.5 Å². The van der Waals surface area contributed by atoms with E-state index < -0.39 is 17.7 Å². The van der Waals surface area contributed by atoms with Crippen LogP contribution in [0, 0.1) is 0 Å². The van der Waals surface area contributed by atoms with E-state index >= 15 is 0 Å². The Morgan fingerprint density at radius 2 is 1.79 bits per heavy atom. The lowest BCUT2D eigenvalue weighted by molar-refractivity contribution is -0.132. The smallest absolute Gasteiger partial charge is 0.301 e. The van der Waals surface area contributed by atoms with Crippen molar-refractivity contribution in [2.45, 2.75) is 16.1 Å². The number of hydrogen-bond donors (Lipinski definition) is 1. The second kappa shape index (κ2) is 11.4. The average Bonchev–Trinajstić information content (AvgIpc) is 3.53. The molecule has 0 bridgehead atoms. The second-order valence-electron chi connectivity index (χ2n) is 8.20. The van der Waals surface area contributed by atoms with E-state index in [0.717, 1.165) is 5.56 Å². The summed E-state index contributed by atoms with van der Waals surface area (Å²) in [5, 5.41) is 19.9. The molecular formula is C28H22N4O4S2. The molecule has 0 radical (unpaired) electrons. The van der Waals surface area contributed by atoms with E-state index in [-0.39, 0.29) is 16.5 Å². The third-order valence-corrected chi connectivity index (χ3v) is 7.90. The van der Waals surface area contributed by atoms with Crippen molar-refractivity contribution in [1.29, 1.82) is 0 Å². The number of ketones is 1. The minimum atomic E-state index is -0.906. The van der Waals surface area contributed by atoms with Crippen LogP contribution in [0.5, 0.6) is 5.75 Å². The maximum absolute atomic E-state index is 13.3. The van der Waals surface area contributed by atoms with Gasteiger partial charge in [0, 0.05) is 23.7 Å². The second-order valence-corrected chi connectivity index (χ2v) is 10.4. The highest BCUT2D eigenvalue weighted by Crippen LogP contribution is 2.44. The average molecular weight is 543 g/mol. The van der Waals surface area contributed by atoms with Crippen LogP contribution in [0.2, 0.25) is 0 Å². The number of aliphatic hydroxyl groups is 1. The number of amides is 1. The van der Waals surface area contributed by atoms with Crippen molar-refractivity contribution in [2.24, 2.45) is 0 Å². The zero-order valence-electron chi connectivity index (χ0n) is 20.1. The molecule has 1 saturated heterocycles. The summed E-state index contributed by atoms with van der Waals surface area (Å²) in [6, 6.07) is 19.2. The first-order chi connectivity index (χ1) is 18.6. The summed E-state index contributed by atoms with van der Waals surface area (Å²) < 4.78 is 6.24. The first-order valence-electron chi connectivity index (χ1n) is 11.6. The normalized spacial score (nSPS) is 16.5. The van der Waals surface area contributed by atoms with E-state index in [1.165, 1.54) is 40.4 Å². The highest BCUT2D eigenvalue weighted by Gasteiger charge is 2.48. The molecule has 4 aromatic rings. The number of carbonyl (C=O) groups excluding carboxylic acids is 2. The van der Waals surface area contributed by atoms with Gasteiger partial charge in [0.2, 0.25) is 5.13 Å². The summed E-state index contributed by atoms with van der Waals surface area (Å²) in [5.41, 5.74) is 2.09. The molecule has 0 aliphatic carbocycles. The van der Waals surface area contributed by atoms with Gasteiger partial charge in [-0.2, -0.15) is 0 Å². The highest BCUT2D eigenvalue weighted by molar-refractivity contribution is 8.00. The number of rotatable bonds is 9. The summed E-state index contributed by atoms with van der Waals surface area (Å²) >= 11 is 2.72. The molecule has 3 heterocycles. The molecule has 2 aromatic carbocycles. The number of aromatic nitrogens is 3. The van der Waals surface area contributed by atoms with Crippen molar-refractivity contribution in [1.82, 2.24) is 15.2 Å². The molecule has 2 aromatic heterocycles. The number of nitrogens with zero attached hydrogens (tertiary/aromatic N) is 4. The molecule has 1 fully saturated rings. The number of thioether (sulfide) groups is 1. The lowest BCUT2D eigenvalue weighted by Gasteiger charge is -2.22. The molecule has 5 rings (SSSR count). The Morgan fingerprint density at radius 1 is 1.05 bits per heavy atom. The zero-order valence-corrected chi connectivity index (χ0v) is 21.7. The molecular weight excluding hydrogens is 520 g/mol. The van der Waals surface area contributed by atoms with Gasteiger partial charge in [0.15, 0.2) is 4.34 Å². The fourth-order valence-electron chi connectivity index (χ4n) is 3.99. The Morgan fingerprint density at radius 3 is 2.50 bits per heavy atom. The lowest BCUT2D eigenvalue weighted by Crippen LogP contribution is -2.29. The number of carbonyl (C=O) groups is 2. The molecule has 1 aliphatic heterocycles. The number of aliphatic hydroxyl groups excluding tert-OH is 1. The number of benzene rings is 2. The van der Waals surface area contributed by atoms with Gasteiger partial charge in [0.05, 0.1) is 11.6 Å². The predicted octanol–water partition coefficient (Wildman–Crippen LogP) is 5.42. The number of pyridine rings is 1. The Labute approximate surface area is 227 Å². The quantitative estimate of drug-likeness (QED) is 0.0747. The Balaban J connectivity index is 1.53. The van der Waals surface area contributed by atoms with Crippen molar-refractivity contribution in [3.8, 4) is 5.75 Å². The van der Waals surface area contributed by atoms with Gasteiger partial charge in [-0.15, -0.1) is 10.2 Å². The molecule has 190 valence electrons. The van der Waals surface area contributed by atoms with Crippen LogP contribution in [-0.4, -0.2) is 38.6 Å². The molecule has 0 spiro atoms. The van der Waals surface area contributed by atoms with Gasteiger partial charge in [0.1, 0.15) is 18.1 Å².